The smallest absolute Gasteiger partial charge is 0.344 e. The second-order valence-electron chi connectivity index (χ2n) is 8.15. The zero-order valence-electron chi connectivity index (χ0n) is 19.6. The van der Waals surface area contributed by atoms with Crippen molar-refractivity contribution in [3.05, 3.63) is 53.6 Å². The summed E-state index contributed by atoms with van der Waals surface area (Å²) in [6.07, 6.45) is 7.83. The molecule has 0 aliphatic carbocycles. The van der Waals surface area contributed by atoms with E-state index in [1.165, 1.54) is 39.0 Å². The van der Waals surface area contributed by atoms with Gasteiger partial charge in [-0.3, -0.25) is 0 Å². The zero-order valence-corrected chi connectivity index (χ0v) is 19.6. The summed E-state index contributed by atoms with van der Waals surface area (Å²) in [6.45, 7) is 6.35. The van der Waals surface area contributed by atoms with Gasteiger partial charge in [-0.25, -0.2) is 9.59 Å². The number of carbonyl (C=O) groups excluding carboxylic acids is 1. The van der Waals surface area contributed by atoms with Crippen LogP contribution < -0.4 is 4.74 Å². The van der Waals surface area contributed by atoms with Crippen LogP contribution in [-0.2, 0) is 16.0 Å². The fraction of sp³-hybridized carbons (Fsp3) is 0.481. The van der Waals surface area contributed by atoms with Crippen LogP contribution in [0.1, 0.15) is 81.6 Å². The molecule has 32 heavy (non-hydrogen) atoms. The van der Waals surface area contributed by atoms with Gasteiger partial charge in [0.15, 0.2) is 6.10 Å². The summed E-state index contributed by atoms with van der Waals surface area (Å²) in [6, 6.07) is 13.6. The van der Waals surface area contributed by atoms with Crippen LogP contribution in [0.4, 0.5) is 0 Å². The van der Waals surface area contributed by atoms with E-state index < -0.39 is 18.0 Å². The lowest BCUT2D eigenvalue weighted by molar-refractivity contribution is -0.146. The maximum absolute atomic E-state index is 12.4. The van der Waals surface area contributed by atoms with Gasteiger partial charge in [-0.15, -0.1) is 0 Å². The standard InChI is InChI=1S/C27H36O5/c1-4-6-7-8-9-10-18-31-24-15-12-21(13-16-24)22-14-17-25(23(19-22)11-5-2)27(30)32-20(3)26(28)29/h12-17,19-20H,4-11,18H2,1-3H3,(H,28,29). The van der Waals surface area contributed by atoms with Gasteiger partial charge in [0.25, 0.3) is 0 Å². The number of unbranched alkanes of at least 4 members (excludes halogenated alkanes) is 5. The molecule has 5 nitrogen and oxygen atoms in total. The number of aliphatic carboxylic acids is 1. The number of aryl methyl sites for hydroxylation is 1. The Kier molecular flexibility index (Phi) is 10.8. The van der Waals surface area contributed by atoms with Crippen LogP contribution in [0.3, 0.4) is 0 Å². The Balaban J connectivity index is 2.01. The van der Waals surface area contributed by atoms with Crippen LogP contribution in [0.25, 0.3) is 11.1 Å². The minimum atomic E-state index is -1.18. The SMILES string of the molecule is CCCCCCCCOc1ccc(-c2ccc(C(=O)OC(C)C(=O)O)c(CCC)c2)cc1. The number of esters is 1. The Hall–Kier alpha value is -2.82. The van der Waals surface area contributed by atoms with E-state index >= 15 is 0 Å². The zero-order chi connectivity index (χ0) is 23.3. The van der Waals surface area contributed by atoms with E-state index in [0.717, 1.165) is 41.9 Å². The molecule has 0 saturated carbocycles. The van der Waals surface area contributed by atoms with Gasteiger partial charge >= 0.3 is 11.9 Å². The monoisotopic (exact) mass is 440 g/mol. The highest BCUT2D eigenvalue weighted by Crippen LogP contribution is 2.26. The summed E-state index contributed by atoms with van der Waals surface area (Å²) in [5, 5.41) is 8.99. The van der Waals surface area contributed by atoms with Crippen LogP contribution in [0, 0.1) is 0 Å². The Labute approximate surface area is 191 Å². The first-order valence-corrected chi connectivity index (χ1v) is 11.8. The molecular formula is C27H36O5. The average molecular weight is 441 g/mol. The Morgan fingerprint density at radius 1 is 0.875 bits per heavy atom. The third kappa shape index (κ3) is 8.03. The van der Waals surface area contributed by atoms with Gasteiger partial charge in [-0.1, -0.05) is 76.6 Å². The molecule has 1 unspecified atom stereocenters. The molecule has 0 aromatic heterocycles. The van der Waals surface area contributed by atoms with Gasteiger partial charge in [-0.2, -0.15) is 0 Å². The van der Waals surface area contributed by atoms with Crippen molar-refractivity contribution in [2.75, 3.05) is 6.61 Å². The highest BCUT2D eigenvalue weighted by atomic mass is 16.6. The van der Waals surface area contributed by atoms with E-state index in [-0.39, 0.29) is 0 Å². The topological polar surface area (TPSA) is 72.8 Å². The number of hydrogen-bond acceptors (Lipinski definition) is 4. The normalized spacial score (nSPS) is 11.7. The van der Waals surface area contributed by atoms with Crippen molar-refractivity contribution < 1.29 is 24.2 Å². The number of hydrogen-bond donors (Lipinski definition) is 1. The van der Waals surface area contributed by atoms with E-state index in [2.05, 4.69) is 6.92 Å². The molecular weight excluding hydrogens is 404 g/mol. The summed E-state index contributed by atoms with van der Waals surface area (Å²) in [7, 11) is 0. The van der Waals surface area contributed by atoms with Crippen molar-refractivity contribution in [2.45, 2.75) is 78.2 Å². The quantitative estimate of drug-likeness (QED) is 0.262. The van der Waals surface area contributed by atoms with Gasteiger partial charge in [0.1, 0.15) is 5.75 Å². The molecule has 0 saturated heterocycles. The summed E-state index contributed by atoms with van der Waals surface area (Å²) in [4.78, 5) is 23.4. The highest BCUT2D eigenvalue weighted by Gasteiger charge is 2.20. The molecule has 2 aromatic rings. The first-order valence-electron chi connectivity index (χ1n) is 11.8. The molecule has 0 fully saturated rings. The molecule has 2 aromatic carbocycles. The maximum atomic E-state index is 12.4. The summed E-state index contributed by atoms with van der Waals surface area (Å²) in [5.41, 5.74) is 3.31. The van der Waals surface area contributed by atoms with E-state index in [0.29, 0.717) is 12.0 Å². The van der Waals surface area contributed by atoms with Gasteiger partial charge in [-0.05, 0) is 54.7 Å². The molecule has 2 rings (SSSR count). The van der Waals surface area contributed by atoms with Gasteiger partial charge < -0.3 is 14.6 Å². The molecule has 0 radical (unpaired) electrons. The van der Waals surface area contributed by atoms with Crippen molar-refractivity contribution in [3.8, 4) is 16.9 Å². The predicted molar refractivity (Wildman–Crippen MR) is 127 cm³/mol. The Morgan fingerprint density at radius 2 is 1.53 bits per heavy atom. The maximum Gasteiger partial charge on any atom is 0.344 e. The first kappa shape index (κ1) is 25.4. The summed E-state index contributed by atoms with van der Waals surface area (Å²) >= 11 is 0. The first-order chi connectivity index (χ1) is 15.5. The van der Waals surface area contributed by atoms with E-state index in [1.54, 1.807) is 6.07 Å². The predicted octanol–water partition coefficient (Wildman–Crippen LogP) is 6.68. The van der Waals surface area contributed by atoms with Crippen LogP contribution >= 0.6 is 0 Å². The molecule has 5 heteroatoms. The minimum Gasteiger partial charge on any atom is -0.494 e. The molecule has 0 bridgehead atoms. The van der Waals surface area contributed by atoms with Crippen LogP contribution in [-0.4, -0.2) is 29.8 Å². The molecule has 174 valence electrons. The fourth-order valence-corrected chi connectivity index (χ4v) is 3.54. The van der Waals surface area contributed by atoms with E-state index in [4.69, 9.17) is 14.6 Å². The van der Waals surface area contributed by atoms with Crippen LogP contribution in [0.5, 0.6) is 5.75 Å². The molecule has 1 atom stereocenters. The lowest BCUT2D eigenvalue weighted by atomic mass is 9.96. The average Bonchev–Trinajstić information content (AvgIpc) is 2.79. The van der Waals surface area contributed by atoms with Crippen molar-refractivity contribution >= 4 is 11.9 Å². The number of ether oxygens (including phenoxy) is 2. The number of benzene rings is 2. The second kappa shape index (κ2) is 13.6. The Bertz CT molecular complexity index is 857. The third-order valence-electron chi connectivity index (χ3n) is 5.43. The van der Waals surface area contributed by atoms with E-state index in [1.807, 2.05) is 43.3 Å². The van der Waals surface area contributed by atoms with Crippen LogP contribution in [0.2, 0.25) is 0 Å². The van der Waals surface area contributed by atoms with E-state index in [9.17, 15) is 9.59 Å². The van der Waals surface area contributed by atoms with Crippen molar-refractivity contribution in [2.24, 2.45) is 0 Å². The van der Waals surface area contributed by atoms with Gasteiger partial charge in [0.05, 0.1) is 12.2 Å². The van der Waals surface area contributed by atoms with Crippen molar-refractivity contribution in [1.29, 1.82) is 0 Å². The Morgan fingerprint density at radius 3 is 2.19 bits per heavy atom. The van der Waals surface area contributed by atoms with Gasteiger partial charge in [0, 0.05) is 0 Å². The van der Waals surface area contributed by atoms with Crippen LogP contribution in [0.15, 0.2) is 42.5 Å². The molecule has 0 amide bonds. The molecule has 0 aliphatic rings. The number of carboxylic acid groups (broad SMARTS) is 1. The van der Waals surface area contributed by atoms with Crippen molar-refractivity contribution in [1.82, 2.24) is 0 Å². The van der Waals surface area contributed by atoms with Crippen molar-refractivity contribution in [3.63, 3.8) is 0 Å². The highest BCUT2D eigenvalue weighted by molar-refractivity contribution is 5.93. The fourth-order valence-electron chi connectivity index (χ4n) is 3.54. The molecule has 0 aliphatic heterocycles. The lowest BCUT2D eigenvalue weighted by Crippen LogP contribution is -2.24. The number of carboxylic acids is 1. The second-order valence-corrected chi connectivity index (χ2v) is 8.15. The number of rotatable bonds is 14. The van der Waals surface area contributed by atoms with Gasteiger partial charge in [0.2, 0.25) is 0 Å². The largest absolute Gasteiger partial charge is 0.494 e. The summed E-state index contributed by atoms with van der Waals surface area (Å²) in [5.74, 6) is -0.905. The summed E-state index contributed by atoms with van der Waals surface area (Å²) < 4.78 is 10.9. The minimum absolute atomic E-state index is 0.419. The molecule has 0 spiro atoms. The molecule has 0 heterocycles. The lowest BCUT2D eigenvalue weighted by Gasteiger charge is -2.14. The molecule has 1 N–H and O–H groups in total. The third-order valence-corrected chi connectivity index (χ3v) is 5.43. The number of carbonyl (C=O) groups is 2.